The molecule has 5 nitrogen and oxygen atoms in total. The molecule has 1 saturated heterocycles. The fourth-order valence-corrected chi connectivity index (χ4v) is 2.56. The van der Waals surface area contributed by atoms with E-state index in [1.165, 1.54) is 7.11 Å². The molecule has 1 rings (SSSR count). The lowest BCUT2D eigenvalue weighted by atomic mass is 9.99. The maximum Gasteiger partial charge on any atom is 0.328 e. The van der Waals surface area contributed by atoms with Crippen LogP contribution in [0.5, 0.6) is 0 Å². The van der Waals surface area contributed by atoms with Gasteiger partial charge in [0.15, 0.2) is 0 Å². The number of esters is 1. The van der Waals surface area contributed by atoms with E-state index >= 15 is 0 Å². The third kappa shape index (κ3) is 3.89. The van der Waals surface area contributed by atoms with Gasteiger partial charge in [0, 0.05) is 11.6 Å². The van der Waals surface area contributed by atoms with E-state index in [9.17, 15) is 9.59 Å². The van der Waals surface area contributed by atoms with E-state index in [1.807, 2.05) is 13.8 Å². The van der Waals surface area contributed by atoms with Crippen LogP contribution in [0.2, 0.25) is 0 Å². The highest BCUT2D eigenvalue weighted by Crippen LogP contribution is 2.12. The van der Waals surface area contributed by atoms with Gasteiger partial charge in [0.25, 0.3) is 0 Å². The van der Waals surface area contributed by atoms with E-state index in [0.717, 1.165) is 18.1 Å². The number of methoxy groups -OCH3 is 1. The fraction of sp³-hybridized carbons (Fsp3) is 0.818. The summed E-state index contributed by atoms with van der Waals surface area (Å²) in [5, 5.41) is 5.85. The first-order valence-electron chi connectivity index (χ1n) is 5.79. The Kier molecular flexibility index (Phi) is 5.77. The number of carbonyl (C=O) groups excluding carboxylic acids is 2. The minimum Gasteiger partial charge on any atom is -0.467 e. The summed E-state index contributed by atoms with van der Waals surface area (Å²) in [6.07, 6.45) is 0.812. The van der Waals surface area contributed by atoms with Gasteiger partial charge in [-0.05, 0) is 5.92 Å². The minimum atomic E-state index is -0.551. The van der Waals surface area contributed by atoms with Crippen molar-refractivity contribution in [2.45, 2.75) is 32.4 Å². The van der Waals surface area contributed by atoms with Crippen LogP contribution >= 0.6 is 11.8 Å². The molecule has 98 valence electrons. The molecule has 0 aromatic rings. The normalized spacial score (nSPS) is 22.9. The highest BCUT2D eigenvalue weighted by molar-refractivity contribution is 7.99. The quantitative estimate of drug-likeness (QED) is 0.698. The molecule has 1 aliphatic heterocycles. The summed E-state index contributed by atoms with van der Waals surface area (Å²) in [5.74, 6) is 1.11. The molecule has 1 fully saturated rings. The summed E-state index contributed by atoms with van der Waals surface area (Å²) >= 11 is 1.68. The van der Waals surface area contributed by atoms with Crippen LogP contribution in [-0.2, 0) is 14.3 Å². The number of nitrogens with one attached hydrogen (secondary N) is 2. The average Bonchev–Trinajstić information content (AvgIpc) is 2.87. The molecule has 6 heteroatoms. The van der Waals surface area contributed by atoms with Gasteiger partial charge in [0.05, 0.1) is 13.2 Å². The number of carbonyl (C=O) groups is 2. The van der Waals surface area contributed by atoms with Gasteiger partial charge in [-0.3, -0.25) is 10.1 Å². The lowest BCUT2D eigenvalue weighted by molar-refractivity contribution is -0.146. The molecule has 0 spiro atoms. The van der Waals surface area contributed by atoms with Crippen molar-refractivity contribution in [2.75, 3.05) is 18.7 Å². The summed E-state index contributed by atoms with van der Waals surface area (Å²) in [6, 6.07) is -0.749. The van der Waals surface area contributed by atoms with Crippen LogP contribution in [0, 0.1) is 5.92 Å². The fourth-order valence-electron chi connectivity index (χ4n) is 1.61. The molecule has 0 bridgehead atoms. The number of hydrogen-bond donors (Lipinski definition) is 2. The maximum absolute atomic E-state index is 11.9. The van der Waals surface area contributed by atoms with Gasteiger partial charge in [-0.1, -0.05) is 20.3 Å². The zero-order chi connectivity index (χ0) is 12.8. The van der Waals surface area contributed by atoms with Crippen molar-refractivity contribution < 1.29 is 14.3 Å². The molecule has 1 amide bonds. The molecule has 1 aliphatic rings. The molecule has 0 radical (unpaired) electrons. The van der Waals surface area contributed by atoms with E-state index in [0.29, 0.717) is 0 Å². The minimum absolute atomic E-state index is 0.0699. The zero-order valence-electron chi connectivity index (χ0n) is 10.5. The monoisotopic (exact) mass is 260 g/mol. The Labute approximate surface area is 106 Å². The zero-order valence-corrected chi connectivity index (χ0v) is 11.3. The van der Waals surface area contributed by atoms with Crippen molar-refractivity contribution in [1.29, 1.82) is 0 Å². The number of hydrogen-bond acceptors (Lipinski definition) is 5. The molecule has 3 unspecified atom stereocenters. The third-order valence-corrected chi connectivity index (χ3v) is 3.94. The predicted molar refractivity (Wildman–Crippen MR) is 67.7 cm³/mol. The Morgan fingerprint density at radius 2 is 2.29 bits per heavy atom. The first-order chi connectivity index (χ1) is 8.10. The van der Waals surface area contributed by atoms with Gasteiger partial charge in [-0.2, -0.15) is 0 Å². The van der Waals surface area contributed by atoms with Crippen molar-refractivity contribution in [3.8, 4) is 0 Å². The van der Waals surface area contributed by atoms with Crippen LogP contribution < -0.4 is 10.6 Å². The largest absolute Gasteiger partial charge is 0.467 e. The number of ether oxygens (including phenoxy) is 1. The molecular weight excluding hydrogens is 240 g/mol. The Balaban J connectivity index is 2.58. The highest BCUT2D eigenvalue weighted by atomic mass is 32.2. The molecule has 3 atom stereocenters. The summed E-state index contributed by atoms with van der Waals surface area (Å²) in [4.78, 5) is 23.5. The van der Waals surface area contributed by atoms with Gasteiger partial charge in [-0.25, -0.2) is 4.79 Å². The smallest absolute Gasteiger partial charge is 0.328 e. The summed E-state index contributed by atoms with van der Waals surface area (Å²) in [5.41, 5.74) is 0. The third-order valence-electron chi connectivity index (χ3n) is 3.00. The van der Waals surface area contributed by atoms with Crippen molar-refractivity contribution in [3.05, 3.63) is 0 Å². The second-order valence-corrected chi connectivity index (χ2v) is 5.20. The Morgan fingerprint density at radius 3 is 2.76 bits per heavy atom. The van der Waals surface area contributed by atoms with E-state index in [4.69, 9.17) is 4.74 Å². The molecule has 0 aliphatic carbocycles. The first-order valence-corrected chi connectivity index (χ1v) is 6.95. The summed E-state index contributed by atoms with van der Waals surface area (Å²) < 4.78 is 4.72. The first kappa shape index (κ1) is 14.3. The van der Waals surface area contributed by atoms with Gasteiger partial charge in [0.2, 0.25) is 5.91 Å². The molecule has 0 aromatic carbocycles. The number of rotatable bonds is 5. The van der Waals surface area contributed by atoms with Crippen LogP contribution in [0.25, 0.3) is 0 Å². The Hall–Kier alpha value is -0.750. The molecular formula is C11H20N2O3S. The van der Waals surface area contributed by atoms with Crippen LogP contribution in [0.3, 0.4) is 0 Å². The molecule has 1 heterocycles. The number of amides is 1. The summed E-state index contributed by atoms with van der Waals surface area (Å²) in [7, 11) is 1.34. The van der Waals surface area contributed by atoms with Gasteiger partial charge < -0.3 is 10.1 Å². The van der Waals surface area contributed by atoms with Crippen molar-refractivity contribution in [2.24, 2.45) is 5.92 Å². The van der Waals surface area contributed by atoms with Crippen LogP contribution in [0.1, 0.15) is 20.3 Å². The van der Waals surface area contributed by atoms with Crippen LogP contribution in [-0.4, -0.2) is 42.7 Å². The number of thioether (sulfide) groups is 1. The molecule has 17 heavy (non-hydrogen) atoms. The van der Waals surface area contributed by atoms with E-state index in [1.54, 1.807) is 11.8 Å². The predicted octanol–water partition coefficient (Wildman–Crippen LogP) is 0.353. The van der Waals surface area contributed by atoms with E-state index in [2.05, 4.69) is 10.6 Å². The van der Waals surface area contributed by atoms with E-state index in [-0.39, 0.29) is 23.8 Å². The van der Waals surface area contributed by atoms with E-state index < -0.39 is 6.04 Å². The van der Waals surface area contributed by atoms with Crippen LogP contribution in [0.4, 0.5) is 0 Å². The van der Waals surface area contributed by atoms with Crippen molar-refractivity contribution >= 4 is 23.6 Å². The highest BCUT2D eigenvalue weighted by Gasteiger charge is 2.30. The van der Waals surface area contributed by atoms with Crippen molar-refractivity contribution in [3.63, 3.8) is 0 Å². The van der Waals surface area contributed by atoms with Gasteiger partial charge >= 0.3 is 5.97 Å². The summed E-state index contributed by atoms with van der Waals surface area (Å²) in [6.45, 7) is 3.91. The second-order valence-electron chi connectivity index (χ2n) is 4.17. The van der Waals surface area contributed by atoms with Gasteiger partial charge in [0.1, 0.15) is 6.04 Å². The SMILES string of the molecule is CCC(C)C(NC(=O)C1CSCN1)C(=O)OC. The Bertz CT molecular complexity index is 280. The standard InChI is InChI=1S/C11H20N2O3S/c1-4-7(2)9(11(15)16-3)13-10(14)8-5-17-6-12-8/h7-9,12H,4-6H2,1-3H3,(H,13,14). The molecule has 0 saturated carbocycles. The lowest BCUT2D eigenvalue weighted by Gasteiger charge is -2.23. The molecule has 0 aromatic heterocycles. The molecule has 2 N–H and O–H groups in total. The Morgan fingerprint density at radius 1 is 1.59 bits per heavy atom. The van der Waals surface area contributed by atoms with Crippen molar-refractivity contribution in [1.82, 2.24) is 10.6 Å². The van der Waals surface area contributed by atoms with Gasteiger partial charge in [-0.15, -0.1) is 11.8 Å². The maximum atomic E-state index is 11.9. The second kappa shape index (κ2) is 6.86. The average molecular weight is 260 g/mol. The lowest BCUT2D eigenvalue weighted by Crippen LogP contribution is -2.51. The topological polar surface area (TPSA) is 67.4 Å². The van der Waals surface area contributed by atoms with Crippen LogP contribution in [0.15, 0.2) is 0 Å².